The lowest BCUT2D eigenvalue weighted by molar-refractivity contribution is -0.127. The fourth-order valence-corrected chi connectivity index (χ4v) is 2.41. The molecule has 0 fully saturated rings. The highest BCUT2D eigenvalue weighted by Crippen LogP contribution is 2.26. The summed E-state index contributed by atoms with van der Waals surface area (Å²) in [6.45, 7) is 4.10. The molecule has 2 rings (SSSR count). The average Bonchev–Trinajstić information content (AvgIpc) is 2.47. The molecule has 1 N–H and O–H groups in total. The van der Waals surface area contributed by atoms with E-state index in [0.29, 0.717) is 16.8 Å². The van der Waals surface area contributed by atoms with E-state index in [1.54, 1.807) is 6.92 Å². The highest BCUT2D eigenvalue weighted by atomic mass is 79.9. The van der Waals surface area contributed by atoms with Gasteiger partial charge in [0.1, 0.15) is 11.6 Å². The molecule has 0 aliphatic rings. The second kappa shape index (κ2) is 7.40. The number of aryl methyl sites for hydroxylation is 1. The molecule has 0 aliphatic carbocycles. The van der Waals surface area contributed by atoms with Crippen molar-refractivity contribution >= 4 is 21.8 Å². The van der Waals surface area contributed by atoms with Crippen LogP contribution < -0.4 is 10.1 Å². The van der Waals surface area contributed by atoms with Gasteiger partial charge in [-0.15, -0.1) is 0 Å². The molecule has 0 aliphatic heterocycles. The summed E-state index contributed by atoms with van der Waals surface area (Å²) in [5.41, 5.74) is 2.18. The van der Waals surface area contributed by atoms with Crippen LogP contribution in [0.15, 0.2) is 46.9 Å². The lowest BCUT2D eigenvalue weighted by Crippen LogP contribution is -2.36. The van der Waals surface area contributed by atoms with Gasteiger partial charge in [-0.25, -0.2) is 4.39 Å². The van der Waals surface area contributed by atoms with Crippen molar-refractivity contribution in [3.05, 3.63) is 63.9 Å². The van der Waals surface area contributed by atoms with Crippen LogP contribution in [0.3, 0.4) is 0 Å². The van der Waals surface area contributed by atoms with E-state index in [2.05, 4.69) is 21.2 Å². The van der Waals surface area contributed by atoms with Gasteiger partial charge in [-0.2, -0.15) is 0 Å². The number of amides is 1. The molecule has 0 radical (unpaired) electrons. The van der Waals surface area contributed by atoms with Crippen LogP contribution in [0.25, 0.3) is 0 Å². The molecule has 22 heavy (non-hydrogen) atoms. The third-order valence-electron chi connectivity index (χ3n) is 3.12. The number of carbonyl (C=O) groups excluding carboxylic acids is 1. The lowest BCUT2D eigenvalue weighted by Gasteiger charge is -2.16. The zero-order chi connectivity index (χ0) is 16.1. The minimum Gasteiger partial charge on any atom is -0.480 e. The van der Waals surface area contributed by atoms with Crippen molar-refractivity contribution < 1.29 is 13.9 Å². The lowest BCUT2D eigenvalue weighted by atomic mass is 10.1. The van der Waals surface area contributed by atoms with Crippen molar-refractivity contribution in [2.75, 3.05) is 0 Å². The first-order chi connectivity index (χ1) is 10.5. The Morgan fingerprint density at radius 3 is 2.77 bits per heavy atom. The molecule has 2 aromatic rings. The third-order valence-corrected chi connectivity index (χ3v) is 3.74. The Balaban J connectivity index is 1.92. The van der Waals surface area contributed by atoms with Gasteiger partial charge >= 0.3 is 0 Å². The van der Waals surface area contributed by atoms with Crippen molar-refractivity contribution in [2.24, 2.45) is 0 Å². The molecule has 3 nitrogen and oxygen atoms in total. The van der Waals surface area contributed by atoms with Crippen LogP contribution in [0.5, 0.6) is 5.75 Å². The van der Waals surface area contributed by atoms with E-state index < -0.39 is 6.10 Å². The van der Waals surface area contributed by atoms with Crippen LogP contribution in [0, 0.1) is 12.7 Å². The minimum atomic E-state index is -0.674. The summed E-state index contributed by atoms with van der Waals surface area (Å²) in [5.74, 6) is -0.159. The topological polar surface area (TPSA) is 38.3 Å². The van der Waals surface area contributed by atoms with Gasteiger partial charge in [-0.1, -0.05) is 29.8 Å². The van der Waals surface area contributed by atoms with Gasteiger partial charge in [-0.3, -0.25) is 4.79 Å². The Bertz CT molecular complexity index is 675. The zero-order valence-corrected chi connectivity index (χ0v) is 14.0. The Kier molecular flexibility index (Phi) is 5.55. The molecule has 0 bridgehead atoms. The van der Waals surface area contributed by atoms with Gasteiger partial charge < -0.3 is 10.1 Å². The highest BCUT2D eigenvalue weighted by Gasteiger charge is 2.16. The van der Waals surface area contributed by atoms with Gasteiger partial charge in [0, 0.05) is 6.54 Å². The number of nitrogens with one attached hydrogen (secondary N) is 1. The molecule has 0 saturated heterocycles. The summed E-state index contributed by atoms with van der Waals surface area (Å²) in [7, 11) is 0. The van der Waals surface area contributed by atoms with Crippen molar-refractivity contribution in [1.82, 2.24) is 5.32 Å². The van der Waals surface area contributed by atoms with Gasteiger partial charge in [0.15, 0.2) is 6.10 Å². The molecule has 0 saturated carbocycles. The summed E-state index contributed by atoms with van der Waals surface area (Å²) in [4.78, 5) is 12.1. The number of ether oxygens (including phenoxy) is 1. The maximum absolute atomic E-state index is 13.0. The van der Waals surface area contributed by atoms with Crippen molar-refractivity contribution in [3.63, 3.8) is 0 Å². The molecular weight excluding hydrogens is 349 g/mol. The molecule has 1 atom stereocenters. The standard InChI is InChI=1S/C17H17BrFNO2/c1-11-4-3-5-13(8-11)10-20-17(21)12(2)22-16-7-6-14(19)9-15(16)18/h3-9,12H,10H2,1-2H3,(H,20,21). The Morgan fingerprint density at radius 2 is 2.09 bits per heavy atom. The van der Waals surface area contributed by atoms with E-state index in [9.17, 15) is 9.18 Å². The largest absolute Gasteiger partial charge is 0.480 e. The normalized spacial score (nSPS) is 11.8. The van der Waals surface area contributed by atoms with E-state index in [-0.39, 0.29) is 11.7 Å². The molecule has 1 amide bonds. The van der Waals surface area contributed by atoms with Gasteiger partial charge in [0.25, 0.3) is 5.91 Å². The summed E-state index contributed by atoms with van der Waals surface area (Å²) < 4.78 is 19.0. The van der Waals surface area contributed by atoms with Crippen LogP contribution in [0.4, 0.5) is 4.39 Å². The predicted molar refractivity (Wildman–Crippen MR) is 87.2 cm³/mol. The van der Waals surface area contributed by atoms with Crippen molar-refractivity contribution in [1.29, 1.82) is 0 Å². The van der Waals surface area contributed by atoms with Crippen LogP contribution in [-0.4, -0.2) is 12.0 Å². The Labute approximate surface area is 137 Å². The maximum Gasteiger partial charge on any atom is 0.261 e. The monoisotopic (exact) mass is 365 g/mol. The van der Waals surface area contributed by atoms with E-state index in [0.717, 1.165) is 11.1 Å². The maximum atomic E-state index is 13.0. The van der Waals surface area contributed by atoms with E-state index >= 15 is 0 Å². The number of carbonyl (C=O) groups is 1. The number of benzene rings is 2. The Morgan fingerprint density at radius 1 is 1.32 bits per heavy atom. The molecule has 116 valence electrons. The number of hydrogen-bond donors (Lipinski definition) is 1. The fourth-order valence-electron chi connectivity index (χ4n) is 1.97. The highest BCUT2D eigenvalue weighted by molar-refractivity contribution is 9.10. The van der Waals surface area contributed by atoms with Crippen LogP contribution in [-0.2, 0) is 11.3 Å². The smallest absolute Gasteiger partial charge is 0.261 e. The van der Waals surface area contributed by atoms with E-state index in [1.165, 1.54) is 18.2 Å². The molecular formula is C17H17BrFNO2. The molecule has 2 aromatic carbocycles. The number of rotatable bonds is 5. The molecule has 0 heterocycles. The molecule has 0 aromatic heterocycles. The van der Waals surface area contributed by atoms with Crippen molar-refractivity contribution in [3.8, 4) is 5.75 Å². The second-order valence-corrected chi connectivity index (χ2v) is 5.90. The first kappa shape index (κ1) is 16.5. The SMILES string of the molecule is Cc1cccc(CNC(=O)C(C)Oc2ccc(F)cc2Br)c1. The average molecular weight is 366 g/mol. The first-order valence-corrected chi connectivity index (χ1v) is 7.70. The van der Waals surface area contributed by atoms with E-state index in [4.69, 9.17) is 4.74 Å². The summed E-state index contributed by atoms with van der Waals surface area (Å²) in [6.07, 6.45) is -0.674. The minimum absolute atomic E-state index is 0.224. The third kappa shape index (κ3) is 4.56. The van der Waals surface area contributed by atoms with Crippen LogP contribution in [0.2, 0.25) is 0 Å². The van der Waals surface area contributed by atoms with E-state index in [1.807, 2.05) is 31.2 Å². The van der Waals surface area contributed by atoms with Gasteiger partial charge in [-0.05, 0) is 53.5 Å². The predicted octanol–water partition coefficient (Wildman–Crippen LogP) is 3.98. The van der Waals surface area contributed by atoms with Crippen LogP contribution >= 0.6 is 15.9 Å². The van der Waals surface area contributed by atoms with Crippen LogP contribution in [0.1, 0.15) is 18.1 Å². The summed E-state index contributed by atoms with van der Waals surface area (Å²) in [6, 6.07) is 12.0. The molecule has 0 spiro atoms. The Hall–Kier alpha value is -1.88. The van der Waals surface area contributed by atoms with Gasteiger partial charge in [0.05, 0.1) is 4.47 Å². The first-order valence-electron chi connectivity index (χ1n) is 6.90. The summed E-state index contributed by atoms with van der Waals surface area (Å²) >= 11 is 3.21. The number of halogens is 2. The number of hydrogen-bond acceptors (Lipinski definition) is 2. The molecule has 1 unspecified atom stereocenters. The summed E-state index contributed by atoms with van der Waals surface area (Å²) in [5, 5.41) is 2.82. The fraction of sp³-hybridized carbons (Fsp3) is 0.235. The van der Waals surface area contributed by atoms with Crippen molar-refractivity contribution in [2.45, 2.75) is 26.5 Å². The second-order valence-electron chi connectivity index (χ2n) is 5.04. The zero-order valence-electron chi connectivity index (χ0n) is 12.4. The quantitative estimate of drug-likeness (QED) is 0.869. The molecule has 5 heteroatoms. The van der Waals surface area contributed by atoms with Gasteiger partial charge in [0.2, 0.25) is 0 Å².